The van der Waals surface area contributed by atoms with Gasteiger partial charge in [-0.05, 0) is 54.3 Å². The summed E-state index contributed by atoms with van der Waals surface area (Å²) in [7, 11) is 0. The van der Waals surface area contributed by atoms with Crippen LogP contribution in [0.2, 0.25) is 0 Å². The maximum Gasteiger partial charge on any atom is 0.280 e. The molecule has 6 heteroatoms. The summed E-state index contributed by atoms with van der Waals surface area (Å²) in [6.45, 7) is 4.09. The molecule has 0 spiro atoms. The zero-order valence-electron chi connectivity index (χ0n) is 17.1. The van der Waals surface area contributed by atoms with Crippen molar-refractivity contribution >= 4 is 22.6 Å². The lowest BCUT2D eigenvalue weighted by atomic mass is 10.1. The van der Waals surface area contributed by atoms with Crippen LogP contribution >= 0.6 is 0 Å². The van der Waals surface area contributed by atoms with Gasteiger partial charge in [-0.15, -0.1) is 0 Å². The van der Waals surface area contributed by atoms with Gasteiger partial charge in [0.15, 0.2) is 5.65 Å². The summed E-state index contributed by atoms with van der Waals surface area (Å²) in [5.74, 6) is -0.209. The summed E-state index contributed by atoms with van der Waals surface area (Å²) < 4.78 is 3.19. The molecule has 0 saturated heterocycles. The number of aromatic nitrogens is 3. The molecular formula is C24H24N4O2. The highest BCUT2D eigenvalue weighted by Gasteiger charge is 2.18. The van der Waals surface area contributed by atoms with Crippen molar-refractivity contribution in [2.45, 2.75) is 33.2 Å². The molecule has 2 heterocycles. The molecule has 1 amide bonds. The van der Waals surface area contributed by atoms with Gasteiger partial charge >= 0.3 is 0 Å². The number of fused-ring (bicyclic) bond motifs is 1. The van der Waals surface area contributed by atoms with Crippen LogP contribution in [0.15, 0.2) is 71.7 Å². The molecule has 152 valence electrons. The van der Waals surface area contributed by atoms with Crippen molar-refractivity contribution in [2.24, 2.45) is 0 Å². The summed E-state index contributed by atoms with van der Waals surface area (Å²) in [6, 6.07) is 19.0. The van der Waals surface area contributed by atoms with Crippen LogP contribution < -0.4 is 10.9 Å². The van der Waals surface area contributed by atoms with Crippen LogP contribution in [0.5, 0.6) is 0 Å². The molecule has 2 aromatic carbocycles. The molecule has 0 bridgehead atoms. The molecule has 30 heavy (non-hydrogen) atoms. The Bertz CT molecular complexity index is 1270. The molecular weight excluding hydrogens is 376 g/mol. The molecule has 0 atom stereocenters. The van der Waals surface area contributed by atoms with Crippen molar-refractivity contribution in [3.05, 3.63) is 88.3 Å². The average Bonchev–Trinajstić information content (AvgIpc) is 3.05. The predicted octanol–water partition coefficient (Wildman–Crippen LogP) is 3.95. The first kappa shape index (κ1) is 19.6. The molecule has 0 unspecified atom stereocenters. The molecule has 4 rings (SSSR count). The van der Waals surface area contributed by atoms with Crippen molar-refractivity contribution in [3.8, 4) is 5.69 Å². The number of amides is 1. The second kappa shape index (κ2) is 8.37. The van der Waals surface area contributed by atoms with E-state index in [9.17, 15) is 9.59 Å². The lowest BCUT2D eigenvalue weighted by Crippen LogP contribution is -2.27. The van der Waals surface area contributed by atoms with E-state index >= 15 is 0 Å². The first-order valence-electron chi connectivity index (χ1n) is 10.2. The van der Waals surface area contributed by atoms with E-state index < -0.39 is 0 Å². The molecule has 0 aliphatic rings. The third kappa shape index (κ3) is 3.64. The van der Waals surface area contributed by atoms with Crippen molar-refractivity contribution in [2.75, 3.05) is 5.32 Å². The number of carbonyl (C=O) groups excluding carboxylic acids is 1. The Morgan fingerprint density at radius 3 is 2.63 bits per heavy atom. The number of pyridine rings is 1. The summed E-state index contributed by atoms with van der Waals surface area (Å²) in [5, 5.41) is 3.47. The number of hydrogen-bond donors (Lipinski definition) is 1. The monoisotopic (exact) mass is 400 g/mol. The van der Waals surface area contributed by atoms with E-state index in [0.29, 0.717) is 11.0 Å². The number of nitrogens with one attached hydrogen (secondary N) is 1. The van der Waals surface area contributed by atoms with Crippen LogP contribution in [0.3, 0.4) is 0 Å². The van der Waals surface area contributed by atoms with Crippen LogP contribution in [-0.4, -0.2) is 20.3 Å². The number of carbonyl (C=O) groups is 1. The van der Waals surface area contributed by atoms with Gasteiger partial charge < -0.3 is 5.32 Å². The largest absolute Gasteiger partial charge is 0.324 e. The van der Waals surface area contributed by atoms with Crippen LogP contribution in [0.1, 0.15) is 25.0 Å². The number of para-hydroxylation sites is 1. The third-order valence-electron chi connectivity index (χ3n) is 5.22. The van der Waals surface area contributed by atoms with Gasteiger partial charge in [0, 0.05) is 11.9 Å². The van der Waals surface area contributed by atoms with E-state index in [1.54, 1.807) is 27.7 Å². The maximum absolute atomic E-state index is 13.2. The van der Waals surface area contributed by atoms with Crippen LogP contribution in [-0.2, 0) is 24.2 Å². The second-order valence-electron chi connectivity index (χ2n) is 7.13. The van der Waals surface area contributed by atoms with Gasteiger partial charge in [0.25, 0.3) is 5.56 Å². The van der Waals surface area contributed by atoms with Gasteiger partial charge in [-0.2, -0.15) is 0 Å². The van der Waals surface area contributed by atoms with Gasteiger partial charge in [0.2, 0.25) is 5.91 Å². The molecule has 2 aromatic heterocycles. The summed E-state index contributed by atoms with van der Waals surface area (Å²) in [6.07, 6.45) is 3.31. The number of rotatable bonds is 6. The Morgan fingerprint density at radius 1 is 1.00 bits per heavy atom. The van der Waals surface area contributed by atoms with E-state index in [0.717, 1.165) is 35.3 Å². The fourth-order valence-corrected chi connectivity index (χ4v) is 3.67. The highest BCUT2D eigenvalue weighted by atomic mass is 16.2. The molecule has 0 aliphatic heterocycles. The maximum atomic E-state index is 13.2. The predicted molar refractivity (Wildman–Crippen MR) is 119 cm³/mol. The number of nitrogens with zero attached hydrogens (tertiary/aromatic N) is 3. The Kier molecular flexibility index (Phi) is 5.48. The summed E-state index contributed by atoms with van der Waals surface area (Å²) in [5.41, 5.74) is 3.99. The van der Waals surface area contributed by atoms with Gasteiger partial charge in [0.1, 0.15) is 6.54 Å². The summed E-state index contributed by atoms with van der Waals surface area (Å²) >= 11 is 0. The van der Waals surface area contributed by atoms with Gasteiger partial charge in [0.05, 0.1) is 11.1 Å². The van der Waals surface area contributed by atoms with Crippen LogP contribution in [0.4, 0.5) is 5.69 Å². The molecule has 0 fully saturated rings. The van der Waals surface area contributed by atoms with Crippen molar-refractivity contribution in [1.29, 1.82) is 0 Å². The number of benzene rings is 2. The minimum absolute atomic E-state index is 0.0237. The lowest BCUT2D eigenvalue weighted by Gasteiger charge is -2.14. The lowest BCUT2D eigenvalue weighted by molar-refractivity contribution is -0.116. The average molecular weight is 400 g/mol. The minimum Gasteiger partial charge on any atom is -0.324 e. The zero-order chi connectivity index (χ0) is 21.1. The Morgan fingerprint density at radius 2 is 1.83 bits per heavy atom. The van der Waals surface area contributed by atoms with Crippen molar-refractivity contribution < 1.29 is 4.79 Å². The SMILES string of the molecule is CCc1cccc(-n2c(=O)c3cccnc3n2CC(=O)Nc2ccccc2CC)c1. The van der Waals surface area contributed by atoms with E-state index in [-0.39, 0.29) is 18.0 Å². The standard InChI is InChI=1S/C24H24N4O2/c1-3-17-9-7-11-19(15-17)28-24(30)20-12-8-14-25-23(20)27(28)16-22(29)26-21-13-6-5-10-18(21)4-2/h5-15H,3-4,16H2,1-2H3,(H,26,29). The normalized spacial score (nSPS) is 11.0. The fourth-order valence-electron chi connectivity index (χ4n) is 3.67. The Hall–Kier alpha value is -3.67. The topological polar surface area (TPSA) is 68.9 Å². The smallest absolute Gasteiger partial charge is 0.280 e. The molecule has 6 nitrogen and oxygen atoms in total. The van der Waals surface area contributed by atoms with Gasteiger partial charge in [-0.25, -0.2) is 9.67 Å². The van der Waals surface area contributed by atoms with E-state index in [4.69, 9.17) is 0 Å². The van der Waals surface area contributed by atoms with E-state index in [1.807, 2.05) is 55.5 Å². The molecule has 1 N–H and O–H groups in total. The fraction of sp³-hybridized carbons (Fsp3) is 0.208. The number of aryl methyl sites for hydroxylation is 2. The van der Waals surface area contributed by atoms with Crippen LogP contribution in [0.25, 0.3) is 16.7 Å². The third-order valence-corrected chi connectivity index (χ3v) is 5.22. The highest BCUT2D eigenvalue weighted by molar-refractivity contribution is 5.92. The van der Waals surface area contributed by atoms with E-state index in [2.05, 4.69) is 17.2 Å². The van der Waals surface area contributed by atoms with Crippen molar-refractivity contribution in [1.82, 2.24) is 14.3 Å². The van der Waals surface area contributed by atoms with Gasteiger partial charge in [-0.1, -0.05) is 44.2 Å². The Labute approximate surface area is 174 Å². The minimum atomic E-state index is -0.209. The zero-order valence-corrected chi connectivity index (χ0v) is 17.1. The molecule has 4 aromatic rings. The first-order valence-corrected chi connectivity index (χ1v) is 10.2. The number of anilines is 1. The Balaban J connectivity index is 1.78. The highest BCUT2D eigenvalue weighted by Crippen LogP contribution is 2.18. The van der Waals surface area contributed by atoms with E-state index in [1.165, 1.54) is 0 Å². The molecule has 0 saturated carbocycles. The second-order valence-corrected chi connectivity index (χ2v) is 7.13. The summed E-state index contributed by atoms with van der Waals surface area (Å²) in [4.78, 5) is 30.5. The van der Waals surface area contributed by atoms with Crippen LogP contribution in [0, 0.1) is 0 Å². The molecule has 0 aliphatic carbocycles. The quantitative estimate of drug-likeness (QED) is 0.533. The van der Waals surface area contributed by atoms with Gasteiger partial charge in [-0.3, -0.25) is 14.3 Å². The first-order chi connectivity index (χ1) is 14.6. The van der Waals surface area contributed by atoms with Crippen molar-refractivity contribution in [3.63, 3.8) is 0 Å². The number of hydrogen-bond acceptors (Lipinski definition) is 3. The molecule has 0 radical (unpaired) electrons.